The quantitative estimate of drug-likeness (QED) is 0.825. The van der Waals surface area contributed by atoms with Gasteiger partial charge in [0.1, 0.15) is 17.6 Å². The van der Waals surface area contributed by atoms with E-state index in [1.165, 1.54) is 0 Å². The first-order valence-electron chi connectivity index (χ1n) is 8.07. The molecular weight excluding hydrogens is 320 g/mol. The van der Waals surface area contributed by atoms with Crippen molar-refractivity contribution in [2.45, 2.75) is 25.0 Å². The molecule has 0 aromatic heterocycles. The summed E-state index contributed by atoms with van der Waals surface area (Å²) in [7, 11) is 1.60. The second-order valence-corrected chi connectivity index (χ2v) is 6.40. The Bertz CT molecular complexity index is 879. The number of carbonyl (C=O) groups excluding carboxylic acids is 2. The van der Waals surface area contributed by atoms with Crippen LogP contribution in [-0.4, -0.2) is 19.0 Å². The Morgan fingerprint density at radius 1 is 1.20 bits per heavy atom. The van der Waals surface area contributed by atoms with Crippen LogP contribution in [0, 0.1) is 6.92 Å². The third kappa shape index (κ3) is 2.41. The molecular formula is C19H18N2O4. The van der Waals surface area contributed by atoms with Gasteiger partial charge in [0, 0.05) is 12.0 Å². The maximum atomic E-state index is 12.7. The Hall–Kier alpha value is -3.02. The molecule has 4 rings (SSSR count). The maximum absolute atomic E-state index is 12.7. The molecule has 2 aliphatic rings. The van der Waals surface area contributed by atoms with Gasteiger partial charge in [-0.3, -0.25) is 10.1 Å². The third-order valence-electron chi connectivity index (χ3n) is 4.76. The van der Waals surface area contributed by atoms with Crippen LogP contribution in [0.5, 0.6) is 11.5 Å². The van der Waals surface area contributed by atoms with E-state index < -0.39 is 11.6 Å². The number of hydrogen-bond donors (Lipinski definition) is 2. The van der Waals surface area contributed by atoms with Crippen molar-refractivity contribution >= 4 is 11.9 Å². The molecule has 1 fully saturated rings. The monoisotopic (exact) mass is 338 g/mol. The molecule has 2 N–H and O–H groups in total. The third-order valence-corrected chi connectivity index (χ3v) is 4.76. The minimum Gasteiger partial charge on any atom is -0.497 e. The largest absolute Gasteiger partial charge is 0.497 e. The Labute approximate surface area is 145 Å². The SMILES string of the molecule is COc1cccc(C2CC3(NC(=O)NC3=O)c3cc(C)ccc3O2)c1. The number of hydrogen-bond acceptors (Lipinski definition) is 4. The van der Waals surface area contributed by atoms with Crippen molar-refractivity contribution in [3.8, 4) is 11.5 Å². The topological polar surface area (TPSA) is 76.7 Å². The molecule has 1 spiro atoms. The summed E-state index contributed by atoms with van der Waals surface area (Å²) in [6.45, 7) is 1.94. The van der Waals surface area contributed by atoms with Gasteiger partial charge < -0.3 is 14.8 Å². The number of amides is 3. The van der Waals surface area contributed by atoms with Crippen LogP contribution in [0.3, 0.4) is 0 Å². The first-order valence-corrected chi connectivity index (χ1v) is 8.07. The Kier molecular flexibility index (Phi) is 3.42. The highest BCUT2D eigenvalue weighted by Crippen LogP contribution is 2.46. The van der Waals surface area contributed by atoms with E-state index in [1.54, 1.807) is 7.11 Å². The van der Waals surface area contributed by atoms with E-state index in [4.69, 9.17) is 9.47 Å². The van der Waals surface area contributed by atoms with Crippen molar-refractivity contribution in [1.82, 2.24) is 10.6 Å². The van der Waals surface area contributed by atoms with Crippen LogP contribution in [0.25, 0.3) is 0 Å². The Morgan fingerprint density at radius 2 is 2.04 bits per heavy atom. The van der Waals surface area contributed by atoms with Crippen LogP contribution < -0.4 is 20.1 Å². The van der Waals surface area contributed by atoms with Gasteiger partial charge in [-0.05, 0) is 36.8 Å². The van der Waals surface area contributed by atoms with Gasteiger partial charge in [0.05, 0.1) is 7.11 Å². The number of benzene rings is 2. The summed E-state index contributed by atoms with van der Waals surface area (Å²) in [6.07, 6.45) is -0.0664. The average molecular weight is 338 g/mol. The zero-order valence-electron chi connectivity index (χ0n) is 14.0. The molecule has 1 saturated heterocycles. The lowest BCUT2D eigenvalue weighted by molar-refractivity contribution is -0.126. The average Bonchev–Trinajstić information content (AvgIpc) is 2.89. The Balaban J connectivity index is 1.83. The van der Waals surface area contributed by atoms with Crippen LogP contribution in [0.15, 0.2) is 42.5 Å². The molecule has 0 aliphatic carbocycles. The summed E-state index contributed by atoms with van der Waals surface area (Å²) in [4.78, 5) is 24.5. The number of imide groups is 1. The molecule has 2 unspecified atom stereocenters. The fourth-order valence-corrected chi connectivity index (χ4v) is 3.52. The van der Waals surface area contributed by atoms with E-state index in [-0.39, 0.29) is 12.0 Å². The van der Waals surface area contributed by atoms with E-state index >= 15 is 0 Å². The van der Waals surface area contributed by atoms with E-state index in [0.717, 1.165) is 11.1 Å². The van der Waals surface area contributed by atoms with Crippen LogP contribution >= 0.6 is 0 Å². The van der Waals surface area contributed by atoms with Crippen molar-refractivity contribution in [3.05, 3.63) is 59.2 Å². The zero-order chi connectivity index (χ0) is 17.6. The van der Waals surface area contributed by atoms with E-state index in [1.807, 2.05) is 49.4 Å². The highest BCUT2D eigenvalue weighted by atomic mass is 16.5. The van der Waals surface area contributed by atoms with Gasteiger partial charge in [0.25, 0.3) is 5.91 Å². The molecule has 0 saturated carbocycles. The summed E-state index contributed by atoms with van der Waals surface area (Å²) < 4.78 is 11.4. The summed E-state index contributed by atoms with van der Waals surface area (Å²) >= 11 is 0. The fourth-order valence-electron chi connectivity index (χ4n) is 3.52. The van der Waals surface area contributed by atoms with Crippen molar-refractivity contribution < 1.29 is 19.1 Å². The smallest absolute Gasteiger partial charge is 0.322 e. The molecule has 0 bridgehead atoms. The molecule has 2 heterocycles. The molecule has 2 aromatic rings. The van der Waals surface area contributed by atoms with Crippen molar-refractivity contribution in [1.29, 1.82) is 0 Å². The van der Waals surface area contributed by atoms with Gasteiger partial charge in [-0.1, -0.05) is 23.8 Å². The number of fused-ring (bicyclic) bond motifs is 2. The molecule has 2 atom stereocenters. The predicted molar refractivity (Wildman–Crippen MR) is 90.5 cm³/mol. The number of nitrogens with one attached hydrogen (secondary N) is 2. The first-order chi connectivity index (χ1) is 12.0. The number of carbonyl (C=O) groups is 2. The summed E-state index contributed by atoms with van der Waals surface area (Å²) in [5.41, 5.74) is 1.45. The maximum Gasteiger partial charge on any atom is 0.322 e. The molecule has 2 aromatic carbocycles. The van der Waals surface area contributed by atoms with Gasteiger partial charge in [-0.25, -0.2) is 4.79 Å². The second kappa shape index (κ2) is 5.51. The minimum absolute atomic E-state index is 0.314. The number of rotatable bonds is 2. The molecule has 3 amide bonds. The number of ether oxygens (including phenoxy) is 2. The molecule has 6 heteroatoms. The van der Waals surface area contributed by atoms with Crippen LogP contribution in [0.2, 0.25) is 0 Å². The molecule has 0 radical (unpaired) electrons. The lowest BCUT2D eigenvalue weighted by atomic mass is 9.79. The Morgan fingerprint density at radius 3 is 2.76 bits per heavy atom. The standard InChI is InChI=1S/C19H18N2O4/c1-11-6-7-15-14(8-11)19(17(22)20-18(23)21-19)10-16(25-15)12-4-3-5-13(9-12)24-2/h3-9,16H,10H2,1-2H3,(H2,20,21,22,23). The number of aryl methyl sites for hydroxylation is 1. The molecule has 25 heavy (non-hydrogen) atoms. The minimum atomic E-state index is -1.12. The van der Waals surface area contributed by atoms with E-state index in [0.29, 0.717) is 23.5 Å². The fraction of sp³-hybridized carbons (Fsp3) is 0.263. The molecule has 128 valence electrons. The van der Waals surface area contributed by atoms with Crippen LogP contribution in [-0.2, 0) is 10.3 Å². The van der Waals surface area contributed by atoms with Crippen molar-refractivity contribution in [2.75, 3.05) is 7.11 Å². The van der Waals surface area contributed by atoms with Crippen LogP contribution in [0.4, 0.5) is 4.79 Å². The first kappa shape index (κ1) is 15.5. The van der Waals surface area contributed by atoms with Crippen LogP contribution in [0.1, 0.15) is 29.2 Å². The summed E-state index contributed by atoms with van der Waals surface area (Å²) in [5.74, 6) is 0.965. The number of methoxy groups -OCH3 is 1. The van der Waals surface area contributed by atoms with E-state index in [9.17, 15) is 9.59 Å². The highest BCUT2D eigenvalue weighted by molar-refractivity contribution is 6.08. The molecule has 2 aliphatic heterocycles. The van der Waals surface area contributed by atoms with Gasteiger partial charge in [-0.2, -0.15) is 0 Å². The van der Waals surface area contributed by atoms with Gasteiger partial charge in [0.2, 0.25) is 0 Å². The van der Waals surface area contributed by atoms with Crippen molar-refractivity contribution in [3.63, 3.8) is 0 Å². The normalized spacial score (nSPS) is 24.3. The predicted octanol–water partition coefficient (Wildman–Crippen LogP) is 2.56. The van der Waals surface area contributed by atoms with E-state index in [2.05, 4.69) is 10.6 Å². The van der Waals surface area contributed by atoms with Gasteiger partial charge in [0.15, 0.2) is 5.54 Å². The summed E-state index contributed by atoms with van der Waals surface area (Å²) in [6, 6.07) is 12.7. The lowest BCUT2D eigenvalue weighted by Gasteiger charge is -2.38. The van der Waals surface area contributed by atoms with Crippen molar-refractivity contribution in [2.24, 2.45) is 0 Å². The highest BCUT2D eigenvalue weighted by Gasteiger charge is 2.53. The van der Waals surface area contributed by atoms with Gasteiger partial charge >= 0.3 is 6.03 Å². The summed E-state index contributed by atoms with van der Waals surface area (Å²) in [5, 5.41) is 5.18. The lowest BCUT2D eigenvalue weighted by Crippen LogP contribution is -2.48. The second-order valence-electron chi connectivity index (χ2n) is 6.40. The zero-order valence-corrected chi connectivity index (χ0v) is 14.0. The number of urea groups is 1. The molecule has 6 nitrogen and oxygen atoms in total. The van der Waals surface area contributed by atoms with Gasteiger partial charge in [-0.15, -0.1) is 0 Å².